The van der Waals surface area contributed by atoms with Crippen molar-refractivity contribution in [1.29, 1.82) is 0 Å². The van der Waals surface area contributed by atoms with Crippen molar-refractivity contribution in [2.75, 3.05) is 6.54 Å². The summed E-state index contributed by atoms with van der Waals surface area (Å²) in [5, 5.41) is 2.86. The summed E-state index contributed by atoms with van der Waals surface area (Å²) < 4.78 is 11.1. The quantitative estimate of drug-likeness (QED) is 0.934. The average Bonchev–Trinajstić information content (AvgIpc) is 2.61. The zero-order valence-corrected chi connectivity index (χ0v) is 13.9. The van der Waals surface area contributed by atoms with Gasteiger partial charge in [0, 0.05) is 24.6 Å². The second-order valence-corrected chi connectivity index (χ2v) is 6.12. The van der Waals surface area contributed by atoms with Crippen LogP contribution in [-0.2, 0) is 11.3 Å². The Morgan fingerprint density at radius 1 is 1.21 bits per heavy atom. The minimum Gasteiger partial charge on any atom is -0.488 e. The van der Waals surface area contributed by atoms with E-state index in [4.69, 9.17) is 9.47 Å². The molecular formula is C19H22N2O3. The lowest BCUT2D eigenvalue weighted by Gasteiger charge is -2.35. The molecule has 2 aromatic rings. The molecule has 1 aliphatic rings. The van der Waals surface area contributed by atoms with E-state index >= 15 is 0 Å². The van der Waals surface area contributed by atoms with Gasteiger partial charge in [0.1, 0.15) is 12.4 Å². The number of benzene rings is 1. The van der Waals surface area contributed by atoms with Gasteiger partial charge in [-0.1, -0.05) is 37.3 Å². The van der Waals surface area contributed by atoms with Crippen LogP contribution in [0.15, 0.2) is 48.7 Å². The van der Waals surface area contributed by atoms with Crippen molar-refractivity contribution >= 4 is 6.09 Å². The van der Waals surface area contributed by atoms with Gasteiger partial charge >= 0.3 is 6.09 Å². The summed E-state index contributed by atoms with van der Waals surface area (Å²) in [5.41, 5.74) is 1.86. The number of nitrogens with zero attached hydrogens (tertiary/aromatic N) is 1. The van der Waals surface area contributed by atoms with Crippen molar-refractivity contribution in [3.05, 3.63) is 59.9 Å². The molecule has 0 bridgehead atoms. The third-order valence-corrected chi connectivity index (χ3v) is 4.52. The van der Waals surface area contributed by atoms with Crippen molar-refractivity contribution in [1.82, 2.24) is 10.3 Å². The second kappa shape index (κ2) is 7.34. The Morgan fingerprint density at radius 2 is 2.00 bits per heavy atom. The Morgan fingerprint density at radius 3 is 2.79 bits per heavy atom. The van der Waals surface area contributed by atoms with Crippen molar-refractivity contribution in [3.63, 3.8) is 0 Å². The lowest BCUT2D eigenvalue weighted by atomic mass is 9.84. The lowest BCUT2D eigenvalue weighted by molar-refractivity contribution is 0.108. The van der Waals surface area contributed by atoms with Gasteiger partial charge in [0.25, 0.3) is 0 Å². The summed E-state index contributed by atoms with van der Waals surface area (Å²) in [6.07, 6.45) is 1.42. The van der Waals surface area contributed by atoms with Crippen LogP contribution >= 0.6 is 0 Å². The number of rotatable bonds is 4. The van der Waals surface area contributed by atoms with Gasteiger partial charge in [-0.05, 0) is 24.6 Å². The van der Waals surface area contributed by atoms with E-state index in [0.717, 1.165) is 17.0 Å². The predicted octanol–water partition coefficient (Wildman–Crippen LogP) is 3.51. The summed E-state index contributed by atoms with van der Waals surface area (Å²) in [7, 11) is 0. The fourth-order valence-corrected chi connectivity index (χ4v) is 2.91. The number of pyridine rings is 1. The molecule has 1 aromatic heterocycles. The van der Waals surface area contributed by atoms with Gasteiger partial charge < -0.3 is 14.8 Å². The van der Waals surface area contributed by atoms with Crippen LogP contribution in [0.1, 0.15) is 31.0 Å². The number of aromatic nitrogens is 1. The molecule has 1 aliphatic heterocycles. The smallest absolute Gasteiger partial charge is 0.407 e. The predicted molar refractivity (Wildman–Crippen MR) is 90.9 cm³/mol. The maximum absolute atomic E-state index is 12.0. The molecular weight excluding hydrogens is 304 g/mol. The highest BCUT2D eigenvalue weighted by Crippen LogP contribution is 2.37. The van der Waals surface area contributed by atoms with E-state index in [0.29, 0.717) is 6.54 Å². The molecule has 24 heavy (non-hydrogen) atoms. The second-order valence-electron chi connectivity index (χ2n) is 6.12. The molecule has 3 atom stereocenters. The van der Waals surface area contributed by atoms with E-state index in [1.165, 1.54) is 0 Å². The first-order valence-corrected chi connectivity index (χ1v) is 8.21. The van der Waals surface area contributed by atoms with Gasteiger partial charge in [-0.2, -0.15) is 0 Å². The number of hydrogen-bond donors (Lipinski definition) is 1. The third-order valence-electron chi connectivity index (χ3n) is 4.52. The fourth-order valence-electron chi connectivity index (χ4n) is 2.91. The number of fused-ring (bicyclic) bond motifs is 1. The Bertz CT molecular complexity index is 690. The first-order valence-electron chi connectivity index (χ1n) is 8.21. The molecule has 126 valence electrons. The van der Waals surface area contributed by atoms with E-state index in [-0.39, 0.29) is 24.5 Å². The zero-order chi connectivity index (χ0) is 16.9. The molecule has 5 heteroatoms. The zero-order valence-electron chi connectivity index (χ0n) is 13.9. The van der Waals surface area contributed by atoms with Crippen LogP contribution in [0, 0.1) is 5.92 Å². The SMILES string of the molecule is C[C@@H]1[C@H](CNC(=O)OCc2ccccc2)c2ncccc2O[C@@H]1C. The lowest BCUT2D eigenvalue weighted by Crippen LogP contribution is -2.39. The van der Waals surface area contributed by atoms with Crippen molar-refractivity contribution in [2.45, 2.75) is 32.5 Å². The molecule has 0 fully saturated rings. The summed E-state index contributed by atoms with van der Waals surface area (Å²) in [4.78, 5) is 16.4. The van der Waals surface area contributed by atoms with Crippen LogP contribution in [0.4, 0.5) is 4.79 Å². The summed E-state index contributed by atoms with van der Waals surface area (Å²) in [5.74, 6) is 1.16. The number of hydrogen-bond acceptors (Lipinski definition) is 4. The van der Waals surface area contributed by atoms with Crippen LogP contribution in [0.5, 0.6) is 5.75 Å². The first kappa shape index (κ1) is 16.3. The molecule has 0 saturated carbocycles. The van der Waals surface area contributed by atoms with Crippen LogP contribution in [0.2, 0.25) is 0 Å². The number of alkyl carbamates (subject to hydrolysis) is 1. The average molecular weight is 326 g/mol. The summed E-state index contributed by atoms with van der Waals surface area (Å²) >= 11 is 0. The van der Waals surface area contributed by atoms with E-state index in [1.54, 1.807) is 6.20 Å². The monoisotopic (exact) mass is 326 g/mol. The summed E-state index contributed by atoms with van der Waals surface area (Å²) in [6.45, 7) is 4.90. The first-order chi connectivity index (χ1) is 11.6. The minimum absolute atomic E-state index is 0.0776. The van der Waals surface area contributed by atoms with Gasteiger partial charge in [-0.3, -0.25) is 4.98 Å². The highest BCUT2D eigenvalue weighted by Gasteiger charge is 2.34. The maximum Gasteiger partial charge on any atom is 0.407 e. The van der Waals surface area contributed by atoms with E-state index < -0.39 is 6.09 Å². The Hall–Kier alpha value is -2.56. The highest BCUT2D eigenvalue weighted by atomic mass is 16.5. The van der Waals surface area contributed by atoms with Gasteiger partial charge in [-0.15, -0.1) is 0 Å². The van der Waals surface area contributed by atoms with Crippen molar-refractivity contribution in [2.24, 2.45) is 5.92 Å². The fraction of sp³-hybridized carbons (Fsp3) is 0.368. The van der Waals surface area contributed by atoms with Crippen LogP contribution in [-0.4, -0.2) is 23.7 Å². The van der Waals surface area contributed by atoms with E-state index in [2.05, 4.69) is 17.2 Å². The van der Waals surface area contributed by atoms with Gasteiger partial charge in [0.2, 0.25) is 0 Å². The Balaban J connectivity index is 1.58. The molecule has 1 amide bonds. The molecule has 0 aliphatic carbocycles. The molecule has 0 saturated heterocycles. The van der Waals surface area contributed by atoms with Crippen molar-refractivity contribution < 1.29 is 14.3 Å². The third kappa shape index (κ3) is 3.67. The maximum atomic E-state index is 12.0. The molecule has 5 nitrogen and oxygen atoms in total. The number of nitrogens with one attached hydrogen (secondary N) is 1. The molecule has 1 N–H and O–H groups in total. The largest absolute Gasteiger partial charge is 0.488 e. The van der Waals surface area contributed by atoms with Gasteiger partial charge in [0.15, 0.2) is 0 Å². The Labute approximate surface area is 142 Å². The molecule has 0 unspecified atom stereocenters. The number of carbonyl (C=O) groups excluding carboxylic acids is 1. The van der Waals surface area contributed by atoms with Crippen LogP contribution in [0.3, 0.4) is 0 Å². The molecule has 0 spiro atoms. The summed E-state index contributed by atoms with van der Waals surface area (Å²) in [6, 6.07) is 13.4. The molecule has 1 aromatic carbocycles. The normalized spacial score (nSPS) is 22.2. The standard InChI is InChI=1S/C19H22N2O3/c1-13-14(2)24-17-9-6-10-20-18(17)16(13)11-21-19(22)23-12-15-7-4-3-5-8-15/h3-10,13-14,16H,11-12H2,1-2H3,(H,21,22)/t13-,14+,16-/m0/s1. The molecule has 2 heterocycles. The number of amides is 1. The minimum atomic E-state index is -0.414. The van der Waals surface area contributed by atoms with Crippen molar-refractivity contribution in [3.8, 4) is 5.75 Å². The van der Waals surface area contributed by atoms with Crippen LogP contribution in [0.25, 0.3) is 0 Å². The molecule has 0 radical (unpaired) electrons. The highest BCUT2D eigenvalue weighted by molar-refractivity contribution is 5.67. The number of carbonyl (C=O) groups is 1. The number of ether oxygens (including phenoxy) is 2. The van der Waals surface area contributed by atoms with E-state index in [1.807, 2.05) is 49.4 Å². The molecule has 3 rings (SSSR count). The van der Waals surface area contributed by atoms with Crippen LogP contribution < -0.4 is 10.1 Å². The topological polar surface area (TPSA) is 60.5 Å². The van der Waals surface area contributed by atoms with E-state index in [9.17, 15) is 4.79 Å². The van der Waals surface area contributed by atoms with Gasteiger partial charge in [0.05, 0.1) is 11.8 Å². The Kier molecular flexibility index (Phi) is 4.99. The van der Waals surface area contributed by atoms with Gasteiger partial charge in [-0.25, -0.2) is 4.79 Å².